The molecule has 2 N–H and O–H groups in total. The van der Waals surface area contributed by atoms with Crippen LogP contribution >= 0.6 is 0 Å². The first-order chi connectivity index (χ1) is 17.6. The molecule has 5 aromatic rings. The fraction of sp³-hybridized carbons (Fsp3) is 0.167. The molecule has 1 unspecified atom stereocenters. The Hall–Kier alpha value is -4.39. The van der Waals surface area contributed by atoms with Gasteiger partial charge in [0.05, 0.1) is 34.5 Å². The fourth-order valence-electron chi connectivity index (χ4n) is 3.77. The number of aromatic nitrogens is 6. The van der Waals surface area contributed by atoms with Crippen molar-refractivity contribution in [3.05, 3.63) is 84.2 Å². The smallest absolute Gasteiger partial charge is 0.269 e. The van der Waals surface area contributed by atoms with E-state index in [0.717, 1.165) is 21.8 Å². The zero-order valence-electron chi connectivity index (χ0n) is 20.0. The second-order valence-electron chi connectivity index (χ2n) is 8.50. The Morgan fingerprint density at radius 3 is 2.49 bits per heavy atom. The molecule has 4 aromatic heterocycles. The summed E-state index contributed by atoms with van der Waals surface area (Å²) in [6.07, 6.45) is 5.63. The topological polar surface area (TPSA) is 120 Å². The van der Waals surface area contributed by atoms with Crippen molar-refractivity contribution < 1.29 is 17.2 Å². The molecule has 1 atom stereocenters. The number of nitrogens with zero attached hydrogens (tertiary/aromatic N) is 6. The van der Waals surface area contributed by atoms with Crippen molar-refractivity contribution in [1.82, 2.24) is 28.5 Å². The molecule has 0 fully saturated rings. The highest BCUT2D eigenvalue weighted by molar-refractivity contribution is 7.90. The zero-order valence-corrected chi connectivity index (χ0v) is 20.8. The van der Waals surface area contributed by atoms with Crippen LogP contribution < -0.4 is 10.6 Å². The number of hydrogen-bond donors (Lipinski definition) is 2. The highest BCUT2D eigenvalue weighted by Gasteiger charge is 2.23. The van der Waals surface area contributed by atoms with Gasteiger partial charge in [-0.3, -0.25) is 4.98 Å². The summed E-state index contributed by atoms with van der Waals surface area (Å²) in [6.45, 7) is 3.47. The first-order valence-electron chi connectivity index (χ1n) is 11.2. The summed E-state index contributed by atoms with van der Waals surface area (Å²) in [6, 6.07) is 8.02. The summed E-state index contributed by atoms with van der Waals surface area (Å²) < 4.78 is 57.4. The van der Waals surface area contributed by atoms with Crippen LogP contribution in [0.2, 0.25) is 0 Å². The van der Waals surface area contributed by atoms with Gasteiger partial charge < -0.3 is 15.2 Å². The highest BCUT2D eigenvalue weighted by atomic mass is 32.2. The summed E-state index contributed by atoms with van der Waals surface area (Å²) in [5.74, 6) is -0.876. The molecule has 1 aromatic carbocycles. The quantitative estimate of drug-likeness (QED) is 0.323. The van der Waals surface area contributed by atoms with E-state index < -0.39 is 27.7 Å². The van der Waals surface area contributed by atoms with Crippen LogP contribution in [-0.4, -0.2) is 36.9 Å². The van der Waals surface area contributed by atoms with Crippen molar-refractivity contribution in [3.63, 3.8) is 0 Å². The molecule has 0 aliphatic carbocycles. The molecule has 13 heteroatoms. The van der Waals surface area contributed by atoms with E-state index in [1.165, 1.54) is 18.3 Å². The van der Waals surface area contributed by atoms with Gasteiger partial charge in [0.2, 0.25) is 5.95 Å². The summed E-state index contributed by atoms with van der Waals surface area (Å²) in [7, 11) is -2.19. The lowest BCUT2D eigenvalue weighted by molar-refractivity contribution is 0.550. The van der Waals surface area contributed by atoms with E-state index in [-0.39, 0.29) is 28.0 Å². The summed E-state index contributed by atoms with van der Waals surface area (Å²) in [4.78, 5) is 17.1. The molecule has 0 aliphatic rings. The van der Waals surface area contributed by atoms with Gasteiger partial charge in [-0.25, -0.2) is 26.2 Å². The van der Waals surface area contributed by atoms with E-state index in [1.807, 2.05) is 6.92 Å². The number of fused-ring (bicyclic) bond motifs is 1. The van der Waals surface area contributed by atoms with E-state index in [2.05, 4.69) is 30.6 Å². The van der Waals surface area contributed by atoms with Crippen molar-refractivity contribution in [2.75, 3.05) is 10.6 Å². The molecule has 0 spiro atoms. The summed E-state index contributed by atoms with van der Waals surface area (Å²) in [5.41, 5.74) is 0.964. The Morgan fingerprint density at radius 2 is 1.81 bits per heavy atom. The molecule has 4 heterocycles. The Bertz CT molecular complexity index is 1710. The maximum Gasteiger partial charge on any atom is 0.269 e. The van der Waals surface area contributed by atoms with Crippen LogP contribution in [0.15, 0.2) is 66.2 Å². The second kappa shape index (κ2) is 9.24. The van der Waals surface area contributed by atoms with Crippen LogP contribution in [0.4, 0.5) is 26.4 Å². The lowest BCUT2D eigenvalue weighted by atomic mass is 10.2. The van der Waals surface area contributed by atoms with Crippen molar-refractivity contribution in [1.29, 1.82) is 0 Å². The molecule has 0 radical (unpaired) electrons. The molecule has 0 saturated carbocycles. The minimum atomic E-state index is -4.00. The lowest BCUT2D eigenvalue weighted by Crippen LogP contribution is -2.16. The van der Waals surface area contributed by atoms with E-state index in [0.29, 0.717) is 11.2 Å². The number of aryl methyl sites for hydroxylation is 2. The molecule has 5 rings (SSSR count). The maximum atomic E-state index is 14.3. The molecule has 10 nitrogen and oxygen atoms in total. The number of halogens is 2. The number of hydrogen-bond acceptors (Lipinski definition) is 8. The van der Waals surface area contributed by atoms with Crippen molar-refractivity contribution in [2.45, 2.75) is 24.8 Å². The zero-order chi connectivity index (χ0) is 26.3. The number of rotatable bonds is 7. The number of benzene rings is 1. The molecule has 0 amide bonds. The normalized spacial score (nSPS) is 12.6. The Kier molecular flexibility index (Phi) is 6.07. The number of pyridine rings is 1. The van der Waals surface area contributed by atoms with Gasteiger partial charge in [-0.1, -0.05) is 17.7 Å². The third-order valence-corrected chi connectivity index (χ3v) is 7.31. The number of imidazole rings is 1. The Morgan fingerprint density at radius 1 is 1.05 bits per heavy atom. The highest BCUT2D eigenvalue weighted by Crippen LogP contribution is 2.29. The fourth-order valence-corrected chi connectivity index (χ4v) is 5.07. The van der Waals surface area contributed by atoms with Crippen LogP contribution in [0.3, 0.4) is 0 Å². The third kappa shape index (κ3) is 4.72. The molecule has 0 bridgehead atoms. The molecule has 190 valence electrons. The molecular formula is C24H22F2N8O2S. The number of anilines is 3. The van der Waals surface area contributed by atoms with E-state index in [1.54, 1.807) is 49.3 Å². The maximum absolute atomic E-state index is 14.3. The van der Waals surface area contributed by atoms with E-state index in [4.69, 9.17) is 0 Å². The Labute approximate surface area is 211 Å². The van der Waals surface area contributed by atoms with Crippen LogP contribution in [0, 0.1) is 18.6 Å². The van der Waals surface area contributed by atoms with E-state index >= 15 is 0 Å². The van der Waals surface area contributed by atoms with Gasteiger partial charge in [-0.15, -0.1) is 0 Å². The minimum absolute atomic E-state index is 0.00279. The minimum Gasteiger partial charge on any atom is -0.346 e. The molecular weight excluding hydrogens is 502 g/mol. The SMILES string of the molecule is Cc1ccc(S(=O)(=O)n2ccc3c(Nc4cn(C)cn4)nc(NC(C)c4ncc(F)cc4F)nc32)cc1. The van der Waals surface area contributed by atoms with Crippen LogP contribution in [0.1, 0.15) is 24.2 Å². The lowest BCUT2D eigenvalue weighted by Gasteiger charge is -2.16. The molecule has 0 aliphatic heterocycles. The van der Waals surface area contributed by atoms with Crippen molar-refractivity contribution in [2.24, 2.45) is 7.05 Å². The standard InChI is InChI=1S/C24H22F2N8O2S/c1-14-4-6-17(7-5-14)37(35,36)34-9-8-18-22(30-20-12-33(3)13-28-20)31-24(32-23(18)34)29-15(2)21-19(26)10-16(25)11-27-21/h4-13,15H,1-3H3,(H2,29,30,31,32). The van der Waals surface area contributed by atoms with Gasteiger partial charge in [-0.05, 0) is 32.0 Å². The first-order valence-corrected chi connectivity index (χ1v) is 12.6. The van der Waals surface area contributed by atoms with Crippen LogP contribution in [0.5, 0.6) is 0 Å². The van der Waals surface area contributed by atoms with Crippen molar-refractivity contribution in [3.8, 4) is 0 Å². The number of nitrogens with one attached hydrogen (secondary N) is 2. The second-order valence-corrected chi connectivity index (χ2v) is 10.3. The molecule has 37 heavy (non-hydrogen) atoms. The third-order valence-electron chi connectivity index (χ3n) is 5.63. The van der Waals surface area contributed by atoms with Crippen LogP contribution in [0.25, 0.3) is 11.0 Å². The summed E-state index contributed by atoms with van der Waals surface area (Å²) in [5, 5.41) is 6.44. The first kappa shape index (κ1) is 24.3. The van der Waals surface area contributed by atoms with E-state index in [9.17, 15) is 17.2 Å². The van der Waals surface area contributed by atoms with Gasteiger partial charge in [0, 0.05) is 25.5 Å². The van der Waals surface area contributed by atoms with Gasteiger partial charge in [-0.2, -0.15) is 9.97 Å². The average Bonchev–Trinajstić information content (AvgIpc) is 3.45. The largest absolute Gasteiger partial charge is 0.346 e. The van der Waals surface area contributed by atoms with Gasteiger partial charge in [0.1, 0.15) is 23.3 Å². The predicted molar refractivity (Wildman–Crippen MR) is 134 cm³/mol. The molecule has 0 saturated heterocycles. The van der Waals surface area contributed by atoms with Crippen molar-refractivity contribution >= 4 is 38.6 Å². The van der Waals surface area contributed by atoms with Gasteiger partial charge in [0.15, 0.2) is 5.65 Å². The predicted octanol–water partition coefficient (Wildman–Crippen LogP) is 4.30. The monoisotopic (exact) mass is 524 g/mol. The van der Waals surface area contributed by atoms with Gasteiger partial charge in [0.25, 0.3) is 10.0 Å². The Balaban J connectivity index is 1.62. The van der Waals surface area contributed by atoms with Crippen LogP contribution in [-0.2, 0) is 17.1 Å². The summed E-state index contributed by atoms with van der Waals surface area (Å²) >= 11 is 0. The van der Waals surface area contributed by atoms with Gasteiger partial charge >= 0.3 is 0 Å². The average molecular weight is 525 g/mol.